The van der Waals surface area contributed by atoms with Gasteiger partial charge in [-0.25, -0.2) is 18.7 Å². The molecular weight excluding hydrogens is 763 g/mol. The number of anilines is 2. The van der Waals surface area contributed by atoms with E-state index in [9.17, 15) is 14.4 Å². The number of benzene rings is 2. The lowest BCUT2D eigenvalue weighted by molar-refractivity contribution is -0.180. The van der Waals surface area contributed by atoms with Crippen molar-refractivity contribution >= 4 is 40.1 Å². The fourth-order valence-electron chi connectivity index (χ4n) is 9.54. The number of methoxy groups -OCH3 is 1. The van der Waals surface area contributed by atoms with Crippen molar-refractivity contribution in [2.75, 3.05) is 82.4 Å². The van der Waals surface area contributed by atoms with Gasteiger partial charge < -0.3 is 24.2 Å². The summed E-state index contributed by atoms with van der Waals surface area (Å²) < 4.78 is 44.1. The molecule has 1 unspecified atom stereocenters. The first-order valence-electron chi connectivity index (χ1n) is 20.6. The van der Waals surface area contributed by atoms with Gasteiger partial charge in [-0.05, 0) is 69.5 Å². The van der Waals surface area contributed by atoms with Gasteiger partial charge in [0.15, 0.2) is 0 Å². The third-order valence-corrected chi connectivity index (χ3v) is 13.5. The van der Waals surface area contributed by atoms with E-state index in [1.54, 1.807) is 18.5 Å². The van der Waals surface area contributed by atoms with Gasteiger partial charge in [0.05, 0.1) is 42.5 Å². The molecule has 1 aliphatic carbocycles. The molecule has 15 nitrogen and oxygen atoms in total. The number of fused-ring (bicyclic) bond motifs is 2. The first-order chi connectivity index (χ1) is 28.4. The number of H-pyrrole nitrogens is 1. The summed E-state index contributed by atoms with van der Waals surface area (Å²) in [5, 5.41) is 11.0. The highest BCUT2D eigenvalue weighted by molar-refractivity contribution is 6.06. The zero-order chi connectivity index (χ0) is 40.7. The Kier molecular flexibility index (Phi) is 9.04. The number of aromatic amines is 1. The van der Waals surface area contributed by atoms with E-state index in [0.717, 1.165) is 72.9 Å². The predicted octanol–water partition coefficient (Wildman–Crippen LogP) is 3.69. The summed E-state index contributed by atoms with van der Waals surface area (Å²) in [5.41, 5.74) is 2.91. The summed E-state index contributed by atoms with van der Waals surface area (Å²) in [5.74, 6) is -1.89. The predicted molar refractivity (Wildman–Crippen MR) is 214 cm³/mol. The summed E-state index contributed by atoms with van der Waals surface area (Å²) in [6.45, 7) is 7.36. The van der Waals surface area contributed by atoms with E-state index in [0.29, 0.717) is 48.6 Å². The number of carbonyl (C=O) groups excluding carboxylic acids is 3. The minimum atomic E-state index is -2.88. The van der Waals surface area contributed by atoms with E-state index >= 15 is 8.78 Å². The van der Waals surface area contributed by atoms with Crippen LogP contribution in [0.5, 0.6) is 11.5 Å². The van der Waals surface area contributed by atoms with E-state index in [2.05, 4.69) is 42.2 Å². The lowest BCUT2D eigenvalue weighted by atomic mass is 9.69. The Bertz CT molecular complexity index is 2340. The number of nitrogens with one attached hydrogen (secondary N) is 2. The molecule has 2 aromatic carbocycles. The van der Waals surface area contributed by atoms with Crippen molar-refractivity contribution < 1.29 is 32.6 Å². The summed E-state index contributed by atoms with van der Waals surface area (Å²) >= 11 is 0. The topological polar surface area (TPSA) is 152 Å². The molecule has 4 saturated heterocycles. The number of carbonyl (C=O) groups is 3. The molecule has 0 radical (unpaired) electrons. The Morgan fingerprint density at radius 1 is 0.898 bits per heavy atom. The highest BCUT2D eigenvalue weighted by Gasteiger charge is 2.63. The normalized spacial score (nSPS) is 23.7. The minimum absolute atomic E-state index is 0.0802. The molecule has 7 heterocycles. The van der Waals surface area contributed by atoms with Gasteiger partial charge in [-0.2, -0.15) is 5.10 Å². The van der Waals surface area contributed by atoms with Crippen LogP contribution in [0.4, 0.5) is 20.3 Å². The van der Waals surface area contributed by atoms with Crippen molar-refractivity contribution in [1.82, 2.24) is 40.2 Å². The fourth-order valence-corrected chi connectivity index (χ4v) is 9.54. The third-order valence-electron chi connectivity index (χ3n) is 13.5. The van der Waals surface area contributed by atoms with E-state index < -0.39 is 23.3 Å². The second kappa shape index (κ2) is 14.1. The molecule has 1 saturated carbocycles. The summed E-state index contributed by atoms with van der Waals surface area (Å²) in [6.07, 6.45) is 4.49. The maximum atomic E-state index is 16.1. The first-order valence-corrected chi connectivity index (χ1v) is 20.6. The highest BCUT2D eigenvalue weighted by Crippen LogP contribution is 2.53. The number of imide groups is 1. The Balaban J connectivity index is 0.724. The molecule has 310 valence electrons. The fraction of sp³-hybridized carbons (Fsp3) is 0.524. The maximum absolute atomic E-state index is 16.1. The number of ether oxygens (including phenoxy) is 2. The number of amides is 3. The largest absolute Gasteiger partial charge is 0.494 e. The quantitative estimate of drug-likeness (QED) is 0.225. The van der Waals surface area contributed by atoms with Crippen LogP contribution in [-0.4, -0.2) is 143 Å². The van der Waals surface area contributed by atoms with Crippen LogP contribution in [0.15, 0.2) is 42.7 Å². The third kappa shape index (κ3) is 6.71. The molecule has 1 atom stereocenters. The summed E-state index contributed by atoms with van der Waals surface area (Å²) in [7, 11) is 1.51. The van der Waals surface area contributed by atoms with Gasteiger partial charge in [-0.3, -0.25) is 34.6 Å². The van der Waals surface area contributed by atoms with Gasteiger partial charge in [0, 0.05) is 81.4 Å². The standard InChI is InChI=1S/C42H48F2N10O5/c1-40(9-10-40)59-26-3-5-30-28(19-26)36(49-48-30)31-20-34(46-25-45-31)52-17-15-50(16-18-52)13-14-51-12-11-41(42(43,44)24-51)22-53(23-41)32-6-4-27-29(37(32)58-2)21-54(39(27)57)33-7-8-35(55)47-38(33)56/h3-6,19-20,25,33H,7-18,21-24H2,1-2H3,(H,48,49)(H,47,55,56). The SMILES string of the molecule is COc1c(N2CC3(CCN(CCN4CCN(c5cc(-c6n[nH]c7ccc(OC8(C)CC8)cc67)ncn5)CC4)CC3(F)F)C2)ccc2c1CN(C1CCC(=O)NC1=O)C2=O. The molecular formula is C42H48F2N10O5. The van der Waals surface area contributed by atoms with Crippen LogP contribution in [0.25, 0.3) is 22.3 Å². The molecule has 5 fully saturated rings. The lowest BCUT2D eigenvalue weighted by Crippen LogP contribution is -2.70. The number of aromatic nitrogens is 4. The average molecular weight is 811 g/mol. The van der Waals surface area contributed by atoms with Crippen molar-refractivity contribution in [3.05, 3.63) is 53.9 Å². The molecule has 6 aliphatic rings. The molecule has 3 amide bonds. The summed E-state index contributed by atoms with van der Waals surface area (Å²) in [6, 6.07) is 10.7. The smallest absolute Gasteiger partial charge is 0.269 e. The number of piperazine rings is 1. The van der Waals surface area contributed by atoms with Crippen LogP contribution in [0.1, 0.15) is 54.9 Å². The molecule has 10 rings (SSSR count). The van der Waals surface area contributed by atoms with E-state index in [4.69, 9.17) is 9.47 Å². The summed E-state index contributed by atoms with van der Waals surface area (Å²) in [4.78, 5) is 56.6. The number of hydrogen-bond donors (Lipinski definition) is 2. The molecule has 0 bridgehead atoms. The Hall–Kier alpha value is -5.42. The number of nitrogens with zero attached hydrogens (tertiary/aromatic N) is 8. The Labute approximate surface area is 340 Å². The van der Waals surface area contributed by atoms with Crippen molar-refractivity contribution in [3.63, 3.8) is 0 Å². The van der Waals surface area contributed by atoms with E-state index in [1.165, 1.54) is 12.0 Å². The molecule has 2 N–H and O–H groups in total. The van der Waals surface area contributed by atoms with Crippen LogP contribution < -0.4 is 24.6 Å². The molecule has 17 heteroatoms. The Morgan fingerprint density at radius 2 is 1.69 bits per heavy atom. The van der Waals surface area contributed by atoms with Crippen LogP contribution in [0.3, 0.4) is 0 Å². The number of alkyl halides is 2. The molecule has 2 aromatic heterocycles. The van der Waals surface area contributed by atoms with Crippen molar-refractivity contribution in [3.8, 4) is 22.9 Å². The monoisotopic (exact) mass is 810 g/mol. The number of piperidine rings is 2. The molecule has 1 spiro atoms. The maximum Gasteiger partial charge on any atom is 0.269 e. The van der Waals surface area contributed by atoms with Crippen molar-refractivity contribution in [2.24, 2.45) is 5.41 Å². The molecule has 59 heavy (non-hydrogen) atoms. The first kappa shape index (κ1) is 37.8. The zero-order valence-electron chi connectivity index (χ0n) is 33.3. The van der Waals surface area contributed by atoms with Crippen molar-refractivity contribution in [2.45, 2.75) is 63.1 Å². The second-order valence-electron chi connectivity index (χ2n) is 17.3. The van der Waals surface area contributed by atoms with Crippen LogP contribution in [0.2, 0.25) is 0 Å². The van der Waals surface area contributed by atoms with Gasteiger partial charge in [0.2, 0.25) is 11.8 Å². The van der Waals surface area contributed by atoms with Gasteiger partial charge in [0.1, 0.15) is 41.0 Å². The number of likely N-dealkylation sites (tertiary alicyclic amines) is 1. The molecule has 4 aromatic rings. The number of rotatable bonds is 10. The van der Waals surface area contributed by atoms with Crippen LogP contribution >= 0.6 is 0 Å². The van der Waals surface area contributed by atoms with Crippen LogP contribution in [0, 0.1) is 5.41 Å². The Morgan fingerprint density at radius 3 is 2.44 bits per heavy atom. The van der Waals surface area contributed by atoms with Gasteiger partial charge in [-0.15, -0.1) is 0 Å². The van der Waals surface area contributed by atoms with Gasteiger partial charge in [0.25, 0.3) is 11.8 Å². The second-order valence-corrected chi connectivity index (χ2v) is 17.3. The van der Waals surface area contributed by atoms with Crippen LogP contribution in [-0.2, 0) is 16.1 Å². The minimum Gasteiger partial charge on any atom is -0.494 e. The number of hydrogen-bond acceptors (Lipinski definition) is 12. The average Bonchev–Trinajstić information content (AvgIpc) is 3.63. The van der Waals surface area contributed by atoms with Gasteiger partial charge >= 0.3 is 0 Å². The van der Waals surface area contributed by atoms with Gasteiger partial charge in [-0.1, -0.05) is 0 Å². The van der Waals surface area contributed by atoms with E-state index in [1.807, 2.05) is 34.1 Å². The number of halogens is 2. The van der Waals surface area contributed by atoms with E-state index in [-0.39, 0.29) is 56.4 Å². The zero-order valence-corrected chi connectivity index (χ0v) is 33.3. The highest BCUT2D eigenvalue weighted by atomic mass is 19.3. The van der Waals surface area contributed by atoms with Crippen molar-refractivity contribution in [1.29, 1.82) is 0 Å². The lowest BCUT2D eigenvalue weighted by Gasteiger charge is -2.58. The molecule has 5 aliphatic heterocycles.